The zero-order chi connectivity index (χ0) is 12.8. The molecule has 0 spiro atoms. The molecule has 2 aliphatic rings. The van der Waals surface area contributed by atoms with E-state index >= 15 is 0 Å². The van der Waals surface area contributed by atoms with Crippen LogP contribution in [0.4, 0.5) is 0 Å². The number of amides is 1. The van der Waals surface area contributed by atoms with Crippen molar-refractivity contribution in [3.63, 3.8) is 0 Å². The highest BCUT2D eigenvalue weighted by atomic mass is 35.5. The van der Waals surface area contributed by atoms with Crippen molar-refractivity contribution in [3.8, 4) is 0 Å². The fourth-order valence-corrected chi connectivity index (χ4v) is 3.61. The SMILES string of the molecule is O=C(NC1CCCCCC1Cl)C1CCCCCC1. The fraction of sp³-hybridized carbons (Fsp3) is 0.933. The number of halogens is 1. The third-order valence-electron chi connectivity index (χ3n) is 4.49. The topological polar surface area (TPSA) is 29.1 Å². The van der Waals surface area contributed by atoms with Crippen LogP contribution in [0.15, 0.2) is 0 Å². The van der Waals surface area contributed by atoms with E-state index in [1.165, 1.54) is 44.9 Å². The van der Waals surface area contributed by atoms with Gasteiger partial charge in [-0.25, -0.2) is 0 Å². The maximum Gasteiger partial charge on any atom is 0.223 e. The summed E-state index contributed by atoms with van der Waals surface area (Å²) in [5.74, 6) is 0.522. The lowest BCUT2D eigenvalue weighted by Gasteiger charge is -2.24. The second-order valence-electron chi connectivity index (χ2n) is 5.96. The highest BCUT2D eigenvalue weighted by molar-refractivity contribution is 6.21. The van der Waals surface area contributed by atoms with Gasteiger partial charge in [-0.1, -0.05) is 44.9 Å². The van der Waals surface area contributed by atoms with E-state index in [9.17, 15) is 4.79 Å². The van der Waals surface area contributed by atoms with Crippen molar-refractivity contribution in [1.29, 1.82) is 0 Å². The Morgan fingerprint density at radius 2 is 1.39 bits per heavy atom. The van der Waals surface area contributed by atoms with Crippen LogP contribution in [-0.4, -0.2) is 17.3 Å². The van der Waals surface area contributed by atoms with E-state index < -0.39 is 0 Å². The van der Waals surface area contributed by atoms with Crippen LogP contribution in [0.5, 0.6) is 0 Å². The average molecular weight is 272 g/mol. The van der Waals surface area contributed by atoms with Gasteiger partial charge in [-0.3, -0.25) is 4.79 Å². The summed E-state index contributed by atoms with van der Waals surface area (Å²) in [4.78, 5) is 12.3. The number of hydrogen-bond acceptors (Lipinski definition) is 1. The van der Waals surface area contributed by atoms with Gasteiger partial charge in [0.25, 0.3) is 0 Å². The Hall–Kier alpha value is -0.240. The third kappa shape index (κ3) is 4.15. The molecule has 2 nitrogen and oxygen atoms in total. The minimum Gasteiger partial charge on any atom is -0.352 e. The molecule has 2 unspecified atom stereocenters. The fourth-order valence-electron chi connectivity index (χ4n) is 3.27. The van der Waals surface area contributed by atoms with Crippen molar-refractivity contribution < 1.29 is 4.79 Å². The van der Waals surface area contributed by atoms with Crippen LogP contribution in [0.3, 0.4) is 0 Å². The van der Waals surface area contributed by atoms with Crippen molar-refractivity contribution in [1.82, 2.24) is 5.32 Å². The zero-order valence-electron chi connectivity index (χ0n) is 11.3. The third-order valence-corrected chi connectivity index (χ3v) is 5.01. The second-order valence-corrected chi connectivity index (χ2v) is 6.52. The molecule has 0 aliphatic heterocycles. The summed E-state index contributed by atoms with van der Waals surface area (Å²) in [5, 5.41) is 3.38. The molecule has 18 heavy (non-hydrogen) atoms. The number of rotatable bonds is 2. The molecule has 3 heteroatoms. The quantitative estimate of drug-likeness (QED) is 0.597. The van der Waals surface area contributed by atoms with Gasteiger partial charge >= 0.3 is 0 Å². The van der Waals surface area contributed by atoms with Crippen LogP contribution in [0, 0.1) is 5.92 Å². The number of carbonyl (C=O) groups excluding carboxylic acids is 1. The molecule has 0 saturated heterocycles. The standard InChI is InChI=1S/C15H26ClNO/c16-13-10-6-3-7-11-14(13)17-15(18)12-8-4-1-2-5-9-12/h12-14H,1-11H2,(H,17,18). The molecule has 0 bridgehead atoms. The van der Waals surface area contributed by atoms with Crippen molar-refractivity contribution in [2.24, 2.45) is 5.92 Å². The van der Waals surface area contributed by atoms with Gasteiger partial charge in [-0.15, -0.1) is 11.6 Å². The lowest BCUT2D eigenvalue weighted by atomic mass is 9.98. The van der Waals surface area contributed by atoms with Gasteiger partial charge in [0.05, 0.1) is 5.38 Å². The molecule has 2 fully saturated rings. The number of nitrogens with one attached hydrogen (secondary N) is 1. The number of alkyl halides is 1. The highest BCUT2D eigenvalue weighted by Gasteiger charge is 2.27. The van der Waals surface area contributed by atoms with Gasteiger partial charge < -0.3 is 5.32 Å². The zero-order valence-corrected chi connectivity index (χ0v) is 12.1. The first-order valence-corrected chi connectivity index (χ1v) is 8.15. The maximum absolute atomic E-state index is 12.3. The Morgan fingerprint density at radius 1 is 0.833 bits per heavy atom. The van der Waals surface area contributed by atoms with Crippen LogP contribution >= 0.6 is 11.6 Å². The summed E-state index contributed by atoms with van der Waals surface area (Å²) in [7, 11) is 0. The molecule has 2 aliphatic carbocycles. The number of carbonyl (C=O) groups is 1. The molecule has 2 rings (SSSR count). The molecule has 0 heterocycles. The van der Waals surface area contributed by atoms with E-state index in [0.29, 0.717) is 0 Å². The smallest absolute Gasteiger partial charge is 0.223 e. The van der Waals surface area contributed by atoms with E-state index in [-0.39, 0.29) is 23.2 Å². The van der Waals surface area contributed by atoms with Crippen LogP contribution in [0.25, 0.3) is 0 Å². The van der Waals surface area contributed by atoms with E-state index in [1.54, 1.807) is 0 Å². The summed E-state index contributed by atoms with van der Waals surface area (Å²) in [6.45, 7) is 0. The molecule has 1 N–H and O–H groups in total. The summed E-state index contributed by atoms with van der Waals surface area (Å²) >= 11 is 6.39. The van der Waals surface area contributed by atoms with Crippen LogP contribution in [0.1, 0.15) is 70.6 Å². The molecule has 2 atom stereocenters. The molecule has 0 aromatic rings. The summed E-state index contributed by atoms with van der Waals surface area (Å²) in [5.41, 5.74) is 0. The van der Waals surface area contributed by atoms with Crippen LogP contribution < -0.4 is 5.32 Å². The summed E-state index contributed by atoms with van der Waals surface area (Å²) in [6.07, 6.45) is 13.0. The predicted octanol–water partition coefficient (Wildman–Crippen LogP) is 4.01. The molecule has 0 aromatic heterocycles. The Labute approximate surface area is 116 Å². The Morgan fingerprint density at radius 3 is 2.11 bits per heavy atom. The first-order valence-electron chi connectivity index (χ1n) is 7.72. The lowest BCUT2D eigenvalue weighted by Crippen LogP contribution is -2.43. The molecule has 1 amide bonds. The van der Waals surface area contributed by atoms with Crippen molar-refractivity contribution >= 4 is 17.5 Å². The summed E-state index contributed by atoms with van der Waals surface area (Å²) in [6, 6.07) is 0.213. The molecule has 2 saturated carbocycles. The number of hydrogen-bond donors (Lipinski definition) is 1. The van der Waals surface area contributed by atoms with Gasteiger partial charge in [0.15, 0.2) is 0 Å². The maximum atomic E-state index is 12.3. The monoisotopic (exact) mass is 271 g/mol. The predicted molar refractivity (Wildman–Crippen MR) is 75.8 cm³/mol. The lowest BCUT2D eigenvalue weighted by molar-refractivity contribution is -0.126. The van der Waals surface area contributed by atoms with Gasteiger partial charge in [0, 0.05) is 12.0 Å². The van der Waals surface area contributed by atoms with Crippen molar-refractivity contribution in [2.45, 2.75) is 82.0 Å². The van der Waals surface area contributed by atoms with Crippen LogP contribution in [0.2, 0.25) is 0 Å². The largest absolute Gasteiger partial charge is 0.352 e. The van der Waals surface area contributed by atoms with E-state index in [1.807, 2.05) is 0 Å². The Bertz CT molecular complexity index is 261. The van der Waals surface area contributed by atoms with Crippen LogP contribution in [-0.2, 0) is 4.79 Å². The average Bonchev–Trinajstić information content (AvgIpc) is 2.73. The minimum atomic E-state index is 0.141. The van der Waals surface area contributed by atoms with Gasteiger partial charge in [-0.2, -0.15) is 0 Å². The molecular formula is C15H26ClNO. The van der Waals surface area contributed by atoms with E-state index in [2.05, 4.69) is 5.32 Å². The van der Waals surface area contributed by atoms with E-state index in [0.717, 1.165) is 25.7 Å². The Balaban J connectivity index is 1.84. The van der Waals surface area contributed by atoms with E-state index in [4.69, 9.17) is 11.6 Å². The first kappa shape index (κ1) is 14.2. The van der Waals surface area contributed by atoms with Gasteiger partial charge in [0.2, 0.25) is 5.91 Å². The highest BCUT2D eigenvalue weighted by Crippen LogP contribution is 2.25. The molecular weight excluding hydrogens is 246 g/mol. The first-order chi connectivity index (χ1) is 8.77. The molecule has 0 aromatic carbocycles. The summed E-state index contributed by atoms with van der Waals surface area (Å²) < 4.78 is 0. The van der Waals surface area contributed by atoms with Gasteiger partial charge in [0.1, 0.15) is 0 Å². The molecule has 104 valence electrons. The van der Waals surface area contributed by atoms with Crippen molar-refractivity contribution in [3.05, 3.63) is 0 Å². The second kappa shape index (κ2) is 7.37. The minimum absolute atomic E-state index is 0.141. The normalized spacial score (nSPS) is 31.4. The van der Waals surface area contributed by atoms with Crippen molar-refractivity contribution in [2.75, 3.05) is 0 Å². The Kier molecular flexibility index (Phi) is 5.81. The molecule has 0 radical (unpaired) electrons. The van der Waals surface area contributed by atoms with Gasteiger partial charge in [-0.05, 0) is 25.7 Å².